The number of ether oxygens (including phenoxy) is 1. The SMILES string of the molecule is CCOC(=O)N1[C@@H](c2ccccc2)CC2(C[C@@H]1c1ccccc1)SCCS2. The highest BCUT2D eigenvalue weighted by Crippen LogP contribution is 2.59. The van der Waals surface area contributed by atoms with Gasteiger partial charge in [-0.3, -0.25) is 4.90 Å². The molecular formula is C22H25NO2S2. The van der Waals surface area contributed by atoms with Gasteiger partial charge in [-0.15, -0.1) is 23.5 Å². The van der Waals surface area contributed by atoms with Crippen LogP contribution in [0.2, 0.25) is 0 Å². The fourth-order valence-corrected chi connectivity index (χ4v) is 7.53. The van der Waals surface area contributed by atoms with E-state index in [2.05, 4.69) is 72.1 Å². The molecule has 2 aliphatic heterocycles. The lowest BCUT2D eigenvalue weighted by Crippen LogP contribution is -2.47. The Balaban J connectivity index is 1.79. The van der Waals surface area contributed by atoms with Gasteiger partial charge in [0, 0.05) is 11.5 Å². The maximum Gasteiger partial charge on any atom is 0.410 e. The second kappa shape index (κ2) is 8.19. The van der Waals surface area contributed by atoms with Crippen molar-refractivity contribution in [2.75, 3.05) is 18.1 Å². The Bertz CT molecular complexity index is 711. The van der Waals surface area contributed by atoms with Crippen molar-refractivity contribution < 1.29 is 9.53 Å². The van der Waals surface area contributed by atoms with Crippen molar-refractivity contribution >= 4 is 29.6 Å². The average Bonchev–Trinajstić information content (AvgIpc) is 3.16. The Labute approximate surface area is 169 Å². The number of benzene rings is 2. The number of rotatable bonds is 3. The summed E-state index contributed by atoms with van der Waals surface area (Å²) < 4.78 is 5.68. The van der Waals surface area contributed by atoms with E-state index in [4.69, 9.17) is 4.74 Å². The van der Waals surface area contributed by atoms with Crippen molar-refractivity contribution in [1.29, 1.82) is 0 Å². The molecule has 2 fully saturated rings. The lowest BCUT2D eigenvalue weighted by Gasteiger charge is -2.48. The largest absolute Gasteiger partial charge is 0.450 e. The van der Waals surface area contributed by atoms with Crippen LogP contribution in [-0.4, -0.2) is 33.2 Å². The summed E-state index contributed by atoms with van der Waals surface area (Å²) in [7, 11) is 0. The summed E-state index contributed by atoms with van der Waals surface area (Å²) in [5, 5.41) is 0. The van der Waals surface area contributed by atoms with Gasteiger partial charge in [0.15, 0.2) is 0 Å². The molecule has 27 heavy (non-hydrogen) atoms. The zero-order chi connectivity index (χ0) is 18.7. The first-order valence-electron chi connectivity index (χ1n) is 9.55. The molecule has 0 aromatic heterocycles. The lowest BCUT2D eigenvalue weighted by molar-refractivity contribution is 0.0464. The highest BCUT2D eigenvalue weighted by molar-refractivity contribution is 8.21. The number of amides is 1. The number of likely N-dealkylation sites (tertiary alicyclic amines) is 1. The highest BCUT2D eigenvalue weighted by Gasteiger charge is 2.50. The first kappa shape index (κ1) is 18.8. The van der Waals surface area contributed by atoms with Crippen molar-refractivity contribution in [1.82, 2.24) is 4.90 Å². The Morgan fingerprint density at radius 2 is 1.44 bits per heavy atom. The van der Waals surface area contributed by atoms with Gasteiger partial charge >= 0.3 is 6.09 Å². The van der Waals surface area contributed by atoms with E-state index in [0.717, 1.165) is 12.8 Å². The summed E-state index contributed by atoms with van der Waals surface area (Å²) in [6, 6.07) is 20.9. The molecule has 1 spiro atoms. The molecule has 2 heterocycles. The lowest BCUT2D eigenvalue weighted by atomic mass is 9.87. The van der Waals surface area contributed by atoms with E-state index in [1.807, 2.05) is 24.0 Å². The molecule has 0 bridgehead atoms. The quantitative estimate of drug-likeness (QED) is 0.643. The van der Waals surface area contributed by atoms with E-state index in [1.54, 1.807) is 0 Å². The zero-order valence-corrected chi connectivity index (χ0v) is 17.2. The van der Waals surface area contributed by atoms with Crippen LogP contribution >= 0.6 is 23.5 Å². The minimum Gasteiger partial charge on any atom is -0.450 e. The van der Waals surface area contributed by atoms with Crippen LogP contribution in [0, 0.1) is 0 Å². The van der Waals surface area contributed by atoms with E-state index in [0.29, 0.717) is 6.61 Å². The average molecular weight is 400 g/mol. The van der Waals surface area contributed by atoms with E-state index >= 15 is 0 Å². The van der Waals surface area contributed by atoms with Crippen LogP contribution in [0.4, 0.5) is 4.79 Å². The number of carbonyl (C=O) groups is 1. The molecule has 2 saturated heterocycles. The van der Waals surface area contributed by atoms with Gasteiger partial charge in [-0.25, -0.2) is 4.79 Å². The van der Waals surface area contributed by atoms with Gasteiger partial charge in [-0.1, -0.05) is 60.7 Å². The summed E-state index contributed by atoms with van der Waals surface area (Å²) in [6.45, 7) is 2.27. The second-order valence-electron chi connectivity index (χ2n) is 6.98. The summed E-state index contributed by atoms with van der Waals surface area (Å²) in [5.74, 6) is 2.38. The minimum absolute atomic E-state index is 0.0299. The van der Waals surface area contributed by atoms with Gasteiger partial charge in [-0.05, 0) is 30.9 Å². The molecule has 0 radical (unpaired) electrons. The van der Waals surface area contributed by atoms with Gasteiger partial charge in [-0.2, -0.15) is 0 Å². The molecule has 2 aromatic carbocycles. The number of hydrogen-bond donors (Lipinski definition) is 0. The van der Waals surface area contributed by atoms with Crippen molar-refractivity contribution in [2.24, 2.45) is 0 Å². The van der Waals surface area contributed by atoms with Crippen LogP contribution in [0.15, 0.2) is 60.7 Å². The third kappa shape index (κ3) is 3.85. The van der Waals surface area contributed by atoms with Gasteiger partial charge in [0.1, 0.15) is 0 Å². The monoisotopic (exact) mass is 399 g/mol. The predicted molar refractivity (Wildman–Crippen MR) is 114 cm³/mol. The van der Waals surface area contributed by atoms with E-state index in [1.165, 1.54) is 22.6 Å². The summed E-state index contributed by atoms with van der Waals surface area (Å²) in [4.78, 5) is 15.1. The second-order valence-corrected chi connectivity index (χ2v) is 10.2. The fraction of sp³-hybridized carbons (Fsp3) is 0.409. The maximum atomic E-state index is 13.1. The molecule has 0 unspecified atom stereocenters. The van der Waals surface area contributed by atoms with Crippen LogP contribution in [0.25, 0.3) is 0 Å². The van der Waals surface area contributed by atoms with Crippen LogP contribution < -0.4 is 0 Å². The molecule has 4 rings (SSSR count). The normalized spacial score (nSPS) is 24.1. The Hall–Kier alpha value is -1.59. The molecule has 3 nitrogen and oxygen atoms in total. The van der Waals surface area contributed by atoms with Crippen LogP contribution in [-0.2, 0) is 4.74 Å². The third-order valence-electron chi connectivity index (χ3n) is 5.34. The number of carbonyl (C=O) groups excluding carboxylic acids is 1. The zero-order valence-electron chi connectivity index (χ0n) is 15.5. The Kier molecular flexibility index (Phi) is 5.69. The Morgan fingerprint density at radius 3 is 1.89 bits per heavy atom. The van der Waals surface area contributed by atoms with Crippen molar-refractivity contribution in [3.8, 4) is 0 Å². The van der Waals surface area contributed by atoms with Gasteiger partial charge in [0.25, 0.3) is 0 Å². The molecule has 2 aromatic rings. The first-order chi connectivity index (χ1) is 13.2. The predicted octanol–water partition coefficient (Wildman–Crippen LogP) is 5.90. The van der Waals surface area contributed by atoms with E-state index < -0.39 is 0 Å². The first-order valence-corrected chi connectivity index (χ1v) is 11.5. The fourth-order valence-electron chi connectivity index (χ4n) is 4.18. The molecule has 2 atom stereocenters. The minimum atomic E-state index is -0.206. The van der Waals surface area contributed by atoms with Gasteiger partial charge in [0.2, 0.25) is 0 Å². The molecule has 1 amide bonds. The smallest absolute Gasteiger partial charge is 0.410 e. The molecule has 0 saturated carbocycles. The number of nitrogens with zero attached hydrogens (tertiary/aromatic N) is 1. The van der Waals surface area contributed by atoms with Crippen LogP contribution in [0.1, 0.15) is 43.0 Å². The molecule has 0 N–H and O–H groups in total. The standard InChI is InChI=1S/C22H25NO2S2/c1-2-25-21(24)23-19(17-9-5-3-6-10-17)15-22(26-13-14-27-22)16-20(23)18-11-7-4-8-12-18/h3-12,19-20H,2,13-16H2,1H3/t19-,20-/m1/s1. The third-order valence-corrected chi connectivity index (χ3v) is 8.84. The van der Waals surface area contributed by atoms with E-state index in [-0.39, 0.29) is 22.3 Å². The molecule has 5 heteroatoms. The van der Waals surface area contributed by atoms with Gasteiger partial charge in [0.05, 0.1) is 22.8 Å². The number of thioether (sulfide) groups is 2. The molecule has 2 aliphatic rings. The Morgan fingerprint density at radius 1 is 0.963 bits per heavy atom. The van der Waals surface area contributed by atoms with Crippen molar-refractivity contribution in [3.05, 3.63) is 71.8 Å². The molecule has 0 aliphatic carbocycles. The van der Waals surface area contributed by atoms with E-state index in [9.17, 15) is 4.79 Å². The van der Waals surface area contributed by atoms with Gasteiger partial charge < -0.3 is 4.74 Å². The van der Waals surface area contributed by atoms with Crippen molar-refractivity contribution in [3.63, 3.8) is 0 Å². The van der Waals surface area contributed by atoms with Crippen LogP contribution in [0.3, 0.4) is 0 Å². The van der Waals surface area contributed by atoms with Crippen molar-refractivity contribution in [2.45, 2.75) is 35.9 Å². The summed E-state index contributed by atoms with van der Waals surface area (Å²) in [6.07, 6.45) is 1.73. The number of hydrogen-bond acceptors (Lipinski definition) is 4. The highest BCUT2D eigenvalue weighted by atomic mass is 32.2. The maximum absolute atomic E-state index is 13.1. The van der Waals surface area contributed by atoms with Crippen LogP contribution in [0.5, 0.6) is 0 Å². The summed E-state index contributed by atoms with van der Waals surface area (Å²) >= 11 is 4.15. The molecular weight excluding hydrogens is 374 g/mol. The summed E-state index contributed by atoms with van der Waals surface area (Å²) in [5.41, 5.74) is 2.39. The number of piperidine rings is 1. The topological polar surface area (TPSA) is 29.5 Å². The molecule has 142 valence electrons.